The summed E-state index contributed by atoms with van der Waals surface area (Å²) in [7, 11) is -3.48. The summed E-state index contributed by atoms with van der Waals surface area (Å²) in [5.41, 5.74) is 1.53. The fourth-order valence-corrected chi connectivity index (χ4v) is 5.33. The molecule has 0 aliphatic rings. The highest BCUT2D eigenvalue weighted by atomic mass is 32.2. The predicted molar refractivity (Wildman–Crippen MR) is 118 cm³/mol. The van der Waals surface area contributed by atoms with Crippen LogP contribution in [0, 0.1) is 29.4 Å². The average molecular weight is 458 g/mol. The van der Waals surface area contributed by atoms with Crippen LogP contribution in [-0.2, 0) is 21.2 Å². The maximum Gasteiger partial charge on any atom is 0.270 e. The normalized spacial score (nSPS) is 12.1. The number of benzene rings is 2. The van der Waals surface area contributed by atoms with E-state index in [2.05, 4.69) is 10.9 Å². The lowest BCUT2D eigenvalue weighted by molar-refractivity contribution is -0.384. The first kappa shape index (κ1) is 22.4. The summed E-state index contributed by atoms with van der Waals surface area (Å²) in [5, 5.41) is 11.0. The van der Waals surface area contributed by atoms with E-state index in [9.17, 15) is 23.3 Å². The lowest BCUT2D eigenvalue weighted by Gasteiger charge is -2.04. The molecule has 10 heteroatoms. The van der Waals surface area contributed by atoms with E-state index in [1.54, 1.807) is 34.9 Å². The zero-order valence-electron chi connectivity index (χ0n) is 16.6. The summed E-state index contributed by atoms with van der Waals surface area (Å²) < 4.78 is 27.0. The van der Waals surface area contributed by atoms with Gasteiger partial charge >= 0.3 is 0 Å². The van der Waals surface area contributed by atoms with Crippen molar-refractivity contribution in [3.05, 3.63) is 62.9 Å². The molecule has 0 aliphatic carbocycles. The highest BCUT2D eigenvalue weighted by Crippen LogP contribution is 2.23. The van der Waals surface area contributed by atoms with E-state index in [-0.39, 0.29) is 35.7 Å². The zero-order valence-corrected chi connectivity index (χ0v) is 18.3. The van der Waals surface area contributed by atoms with Gasteiger partial charge in [-0.15, -0.1) is 6.42 Å². The van der Waals surface area contributed by atoms with Gasteiger partial charge in [0.1, 0.15) is 0 Å². The van der Waals surface area contributed by atoms with Crippen molar-refractivity contribution in [2.45, 2.75) is 31.2 Å². The minimum atomic E-state index is -3.48. The Morgan fingerprint density at radius 2 is 1.97 bits per heavy atom. The van der Waals surface area contributed by atoms with E-state index < -0.39 is 20.7 Å². The number of carbonyl (C=O) groups excluding carboxylic acids is 1. The van der Waals surface area contributed by atoms with Gasteiger partial charge in [0, 0.05) is 18.6 Å². The summed E-state index contributed by atoms with van der Waals surface area (Å²) in [5.74, 6) is 1.84. The van der Waals surface area contributed by atoms with Gasteiger partial charge in [0.2, 0.25) is 5.91 Å². The molecule has 8 nitrogen and oxygen atoms in total. The van der Waals surface area contributed by atoms with Gasteiger partial charge in [-0.1, -0.05) is 35.0 Å². The molecule has 0 bridgehead atoms. The molecule has 1 aromatic heterocycles. The number of fused-ring (bicyclic) bond motifs is 1. The standard InChI is InChI=1S/C21H19N3O5S2/c1-3-12-23-18-11-8-16(24(26)27)14-19(18)30-21(23)22-20(25)5-4-13-31(28,29)17-9-6-15(2)7-10-17/h1,6-11,14H,4-5,12-13H2,2H3. The van der Waals surface area contributed by atoms with Crippen LogP contribution in [0.25, 0.3) is 10.2 Å². The molecule has 0 aliphatic heterocycles. The molecule has 3 rings (SSSR count). The number of nitro benzene ring substituents is 1. The van der Waals surface area contributed by atoms with Crippen LogP contribution in [0.3, 0.4) is 0 Å². The number of hydrogen-bond acceptors (Lipinski definition) is 6. The molecule has 0 fully saturated rings. The minimum Gasteiger partial charge on any atom is -0.305 e. The molecule has 0 unspecified atom stereocenters. The molecule has 2 aromatic carbocycles. The SMILES string of the molecule is C#CCn1c(=NC(=O)CCCS(=O)(=O)c2ccc(C)cc2)sc2cc([N+](=O)[O-])ccc21. The number of nitrogens with zero attached hydrogens (tertiary/aromatic N) is 3. The molecule has 0 atom stereocenters. The second kappa shape index (κ2) is 9.24. The van der Waals surface area contributed by atoms with Crippen molar-refractivity contribution in [1.82, 2.24) is 4.57 Å². The molecule has 3 aromatic rings. The van der Waals surface area contributed by atoms with Crippen molar-refractivity contribution in [3.63, 3.8) is 0 Å². The smallest absolute Gasteiger partial charge is 0.270 e. The lowest BCUT2D eigenvalue weighted by Crippen LogP contribution is -2.16. The summed E-state index contributed by atoms with van der Waals surface area (Å²) in [6.07, 6.45) is 5.50. The van der Waals surface area contributed by atoms with Gasteiger partial charge in [-0.05, 0) is 31.5 Å². The Kier molecular flexibility index (Phi) is 6.68. The Labute approximate surface area is 182 Å². The van der Waals surface area contributed by atoms with Crippen molar-refractivity contribution in [1.29, 1.82) is 0 Å². The van der Waals surface area contributed by atoms with Crippen LogP contribution in [0.5, 0.6) is 0 Å². The van der Waals surface area contributed by atoms with E-state index >= 15 is 0 Å². The molecule has 0 saturated heterocycles. The molecule has 0 N–H and O–H groups in total. The monoisotopic (exact) mass is 457 g/mol. The molecule has 1 heterocycles. The minimum absolute atomic E-state index is 0.0461. The number of aryl methyl sites for hydroxylation is 1. The fourth-order valence-electron chi connectivity index (χ4n) is 2.94. The Hall–Kier alpha value is -3.29. The van der Waals surface area contributed by atoms with Crippen LogP contribution in [0.15, 0.2) is 52.4 Å². The molecule has 160 valence electrons. The number of aromatic nitrogens is 1. The van der Waals surface area contributed by atoms with E-state index in [1.165, 1.54) is 12.1 Å². The highest BCUT2D eigenvalue weighted by molar-refractivity contribution is 7.91. The van der Waals surface area contributed by atoms with E-state index in [0.29, 0.717) is 15.0 Å². The number of non-ortho nitro benzene ring substituents is 1. The first-order valence-corrected chi connectivity index (χ1v) is 11.8. The fraction of sp³-hybridized carbons (Fsp3) is 0.238. The molecular formula is C21H19N3O5S2. The number of hydrogen-bond donors (Lipinski definition) is 0. The number of nitro groups is 1. The van der Waals surface area contributed by atoms with Crippen LogP contribution < -0.4 is 4.80 Å². The van der Waals surface area contributed by atoms with Crippen LogP contribution >= 0.6 is 11.3 Å². The first-order valence-electron chi connectivity index (χ1n) is 9.29. The molecule has 0 radical (unpaired) electrons. The largest absolute Gasteiger partial charge is 0.305 e. The Morgan fingerprint density at radius 1 is 1.26 bits per heavy atom. The van der Waals surface area contributed by atoms with Crippen LogP contribution in [0.1, 0.15) is 18.4 Å². The van der Waals surface area contributed by atoms with Gasteiger partial charge in [-0.25, -0.2) is 8.42 Å². The predicted octanol–water partition coefficient (Wildman–Crippen LogP) is 3.23. The van der Waals surface area contributed by atoms with Crippen molar-refractivity contribution in [2.24, 2.45) is 4.99 Å². The van der Waals surface area contributed by atoms with Gasteiger partial charge in [0.15, 0.2) is 14.6 Å². The molecule has 1 amide bonds. The number of terminal acetylenes is 1. The van der Waals surface area contributed by atoms with Crippen molar-refractivity contribution < 1.29 is 18.1 Å². The van der Waals surface area contributed by atoms with Crippen molar-refractivity contribution in [2.75, 3.05) is 5.75 Å². The van der Waals surface area contributed by atoms with Gasteiger partial charge < -0.3 is 4.57 Å². The van der Waals surface area contributed by atoms with E-state index in [0.717, 1.165) is 16.9 Å². The second-order valence-corrected chi connectivity index (χ2v) is 9.94. The van der Waals surface area contributed by atoms with E-state index in [4.69, 9.17) is 6.42 Å². The highest BCUT2D eigenvalue weighted by Gasteiger charge is 2.16. The van der Waals surface area contributed by atoms with Crippen LogP contribution in [-0.4, -0.2) is 29.6 Å². The summed E-state index contributed by atoms with van der Waals surface area (Å²) in [6.45, 7) is 2.01. The molecule has 0 saturated carbocycles. The molecule has 0 spiro atoms. The van der Waals surface area contributed by atoms with Crippen molar-refractivity contribution in [3.8, 4) is 12.3 Å². The van der Waals surface area contributed by atoms with Crippen LogP contribution in [0.2, 0.25) is 0 Å². The molecule has 31 heavy (non-hydrogen) atoms. The Morgan fingerprint density at radius 3 is 2.61 bits per heavy atom. The Bertz CT molecular complexity index is 1360. The maximum absolute atomic E-state index is 12.4. The average Bonchev–Trinajstić information content (AvgIpc) is 3.04. The van der Waals surface area contributed by atoms with E-state index in [1.807, 2.05) is 6.92 Å². The number of sulfone groups is 1. The summed E-state index contributed by atoms with van der Waals surface area (Å²) >= 11 is 1.12. The maximum atomic E-state index is 12.4. The van der Waals surface area contributed by atoms with Gasteiger partial charge in [0.25, 0.3) is 5.69 Å². The van der Waals surface area contributed by atoms with Gasteiger partial charge in [-0.3, -0.25) is 14.9 Å². The Balaban J connectivity index is 1.78. The topological polar surface area (TPSA) is 112 Å². The van der Waals surface area contributed by atoms with Gasteiger partial charge in [-0.2, -0.15) is 4.99 Å². The van der Waals surface area contributed by atoms with Gasteiger partial charge in [0.05, 0.1) is 32.3 Å². The molecular weight excluding hydrogens is 438 g/mol. The summed E-state index contributed by atoms with van der Waals surface area (Å²) in [6, 6.07) is 10.9. The number of thiazole rings is 1. The lowest BCUT2D eigenvalue weighted by atomic mass is 10.2. The number of carbonyl (C=O) groups is 1. The summed E-state index contributed by atoms with van der Waals surface area (Å²) in [4.78, 5) is 27.5. The third-order valence-electron chi connectivity index (χ3n) is 4.53. The first-order chi connectivity index (χ1) is 14.7. The third kappa shape index (κ3) is 5.25. The quantitative estimate of drug-likeness (QED) is 0.307. The number of amides is 1. The van der Waals surface area contributed by atoms with Crippen molar-refractivity contribution >= 4 is 43.0 Å². The zero-order chi connectivity index (χ0) is 22.6. The van der Waals surface area contributed by atoms with Crippen LogP contribution in [0.4, 0.5) is 5.69 Å². The second-order valence-electron chi connectivity index (χ2n) is 6.83. The number of rotatable bonds is 7. The third-order valence-corrected chi connectivity index (χ3v) is 7.39.